The predicted octanol–water partition coefficient (Wildman–Crippen LogP) is 3.76. The van der Waals surface area contributed by atoms with Crippen molar-refractivity contribution in [2.45, 2.75) is 39.3 Å². The zero-order valence-corrected chi connectivity index (χ0v) is 11.6. The number of benzene rings is 1. The van der Waals surface area contributed by atoms with Gasteiger partial charge in [0.1, 0.15) is 11.6 Å². The molecule has 1 heterocycles. The third kappa shape index (κ3) is 3.42. The van der Waals surface area contributed by atoms with Crippen LogP contribution in [-0.2, 0) is 13.0 Å². The lowest BCUT2D eigenvalue weighted by atomic mass is 10.0. The first kappa shape index (κ1) is 14.7. The molecule has 0 saturated heterocycles. The average molecular weight is 280 g/mol. The molecule has 0 fully saturated rings. The molecule has 20 heavy (non-hydrogen) atoms. The molecular weight excluding hydrogens is 262 g/mol. The number of nitrogens with one attached hydrogen (secondary N) is 1. The Morgan fingerprint density at radius 3 is 2.65 bits per heavy atom. The lowest BCUT2D eigenvalue weighted by molar-refractivity contribution is 0.356. The molecule has 2 aromatic rings. The summed E-state index contributed by atoms with van der Waals surface area (Å²) in [6.07, 6.45) is 1.50. The number of hydrogen-bond acceptors (Lipinski definition) is 3. The lowest BCUT2D eigenvalue weighted by Crippen LogP contribution is -2.21. The van der Waals surface area contributed by atoms with Crippen LogP contribution in [0.1, 0.15) is 43.3 Å². The van der Waals surface area contributed by atoms with Gasteiger partial charge in [-0.15, -0.1) is 0 Å². The molecule has 1 aromatic carbocycles. The van der Waals surface area contributed by atoms with Gasteiger partial charge in [-0.1, -0.05) is 25.1 Å². The molecule has 1 aromatic heterocycles. The molecular formula is C15H18F2N2O. The molecule has 1 N–H and O–H groups in total. The van der Waals surface area contributed by atoms with E-state index in [1.165, 1.54) is 12.1 Å². The Balaban J connectivity index is 2.05. The minimum Gasteiger partial charge on any atom is -0.360 e. The summed E-state index contributed by atoms with van der Waals surface area (Å²) >= 11 is 0. The normalized spacial score (nSPS) is 12.6. The number of aryl methyl sites for hydroxylation is 1. The zero-order valence-electron chi connectivity index (χ0n) is 11.6. The first-order chi connectivity index (χ1) is 9.63. The van der Waals surface area contributed by atoms with Gasteiger partial charge < -0.3 is 9.84 Å². The van der Waals surface area contributed by atoms with Crippen LogP contribution < -0.4 is 5.32 Å². The van der Waals surface area contributed by atoms with E-state index < -0.39 is 11.6 Å². The van der Waals surface area contributed by atoms with E-state index in [0.29, 0.717) is 24.3 Å². The number of aromatic nitrogens is 1. The van der Waals surface area contributed by atoms with Crippen LogP contribution in [0.4, 0.5) is 8.78 Å². The van der Waals surface area contributed by atoms with Crippen molar-refractivity contribution < 1.29 is 13.3 Å². The Morgan fingerprint density at radius 1 is 1.25 bits per heavy atom. The Hall–Kier alpha value is -1.75. The molecule has 0 aliphatic heterocycles. The fraction of sp³-hybridized carbons (Fsp3) is 0.400. The first-order valence-corrected chi connectivity index (χ1v) is 6.76. The van der Waals surface area contributed by atoms with Gasteiger partial charge in [-0.25, -0.2) is 8.78 Å². The summed E-state index contributed by atoms with van der Waals surface area (Å²) in [5, 5.41) is 7.11. The van der Waals surface area contributed by atoms with Gasteiger partial charge in [0.2, 0.25) is 0 Å². The van der Waals surface area contributed by atoms with Crippen LogP contribution in [0.2, 0.25) is 0 Å². The topological polar surface area (TPSA) is 38.1 Å². The van der Waals surface area contributed by atoms with E-state index in [-0.39, 0.29) is 6.04 Å². The van der Waals surface area contributed by atoms with E-state index in [1.807, 2.05) is 19.9 Å². The van der Waals surface area contributed by atoms with E-state index in [2.05, 4.69) is 10.5 Å². The van der Waals surface area contributed by atoms with Crippen LogP contribution in [0.5, 0.6) is 0 Å². The maximum Gasteiger partial charge on any atom is 0.150 e. The summed E-state index contributed by atoms with van der Waals surface area (Å²) in [5.41, 5.74) is 1.35. The second-order valence-corrected chi connectivity index (χ2v) is 4.65. The van der Waals surface area contributed by atoms with Gasteiger partial charge in [0, 0.05) is 23.7 Å². The Kier molecular flexibility index (Phi) is 4.84. The van der Waals surface area contributed by atoms with Crippen LogP contribution in [0.25, 0.3) is 0 Å². The van der Waals surface area contributed by atoms with Crippen LogP contribution >= 0.6 is 0 Å². The van der Waals surface area contributed by atoms with Gasteiger partial charge in [-0.2, -0.15) is 0 Å². The molecule has 2 rings (SSSR count). The average Bonchev–Trinajstić information content (AvgIpc) is 2.89. The molecule has 0 bridgehead atoms. The molecule has 0 amide bonds. The Bertz CT molecular complexity index is 569. The minimum atomic E-state index is -0.566. The molecule has 0 aliphatic rings. The van der Waals surface area contributed by atoms with Crippen molar-refractivity contribution in [3.05, 3.63) is 52.9 Å². The van der Waals surface area contributed by atoms with E-state index >= 15 is 0 Å². The largest absolute Gasteiger partial charge is 0.360 e. The van der Waals surface area contributed by atoms with E-state index in [1.54, 1.807) is 0 Å². The van der Waals surface area contributed by atoms with Crippen LogP contribution in [-0.4, -0.2) is 5.16 Å². The number of halogens is 2. The molecule has 0 aliphatic carbocycles. The third-order valence-corrected chi connectivity index (χ3v) is 3.24. The second kappa shape index (κ2) is 6.61. The van der Waals surface area contributed by atoms with E-state index in [4.69, 9.17) is 4.52 Å². The Labute approximate surface area is 117 Å². The summed E-state index contributed by atoms with van der Waals surface area (Å²) in [6.45, 7) is 4.40. The van der Waals surface area contributed by atoms with Crippen LogP contribution in [0, 0.1) is 11.6 Å². The summed E-state index contributed by atoms with van der Waals surface area (Å²) < 4.78 is 31.8. The maximum atomic E-state index is 13.8. The quantitative estimate of drug-likeness (QED) is 0.875. The van der Waals surface area contributed by atoms with Gasteiger partial charge in [0.15, 0.2) is 5.76 Å². The van der Waals surface area contributed by atoms with Gasteiger partial charge in [-0.05, 0) is 18.9 Å². The monoisotopic (exact) mass is 280 g/mol. The van der Waals surface area contributed by atoms with Crippen molar-refractivity contribution in [3.63, 3.8) is 0 Å². The molecule has 0 radical (unpaired) electrons. The number of nitrogens with zero attached hydrogens (tertiary/aromatic N) is 1. The van der Waals surface area contributed by atoms with Gasteiger partial charge >= 0.3 is 0 Å². The van der Waals surface area contributed by atoms with Crippen molar-refractivity contribution >= 4 is 0 Å². The highest BCUT2D eigenvalue weighted by atomic mass is 19.1. The fourth-order valence-corrected chi connectivity index (χ4v) is 2.09. The molecule has 0 spiro atoms. The summed E-state index contributed by atoms with van der Waals surface area (Å²) in [5.74, 6) is -0.386. The van der Waals surface area contributed by atoms with E-state index in [0.717, 1.165) is 18.2 Å². The zero-order chi connectivity index (χ0) is 14.5. The maximum absolute atomic E-state index is 13.8. The highest BCUT2D eigenvalue weighted by molar-refractivity contribution is 5.22. The highest BCUT2D eigenvalue weighted by Gasteiger charge is 2.15. The third-order valence-electron chi connectivity index (χ3n) is 3.24. The minimum absolute atomic E-state index is 0.189. The van der Waals surface area contributed by atoms with Crippen molar-refractivity contribution in [3.8, 4) is 0 Å². The van der Waals surface area contributed by atoms with Gasteiger partial charge in [0.05, 0.1) is 12.2 Å². The van der Waals surface area contributed by atoms with Crippen molar-refractivity contribution in [2.75, 3.05) is 0 Å². The molecule has 1 unspecified atom stereocenters. The predicted molar refractivity (Wildman–Crippen MR) is 72.1 cm³/mol. The smallest absolute Gasteiger partial charge is 0.150 e. The highest BCUT2D eigenvalue weighted by Crippen LogP contribution is 2.21. The summed E-state index contributed by atoms with van der Waals surface area (Å²) in [7, 11) is 0. The summed E-state index contributed by atoms with van der Waals surface area (Å²) in [6, 6.07) is 5.34. The van der Waals surface area contributed by atoms with Gasteiger partial charge in [-0.3, -0.25) is 0 Å². The van der Waals surface area contributed by atoms with Crippen molar-refractivity contribution in [1.82, 2.24) is 10.5 Å². The molecule has 1 atom stereocenters. The van der Waals surface area contributed by atoms with E-state index in [9.17, 15) is 8.78 Å². The number of hydrogen-bond donors (Lipinski definition) is 1. The van der Waals surface area contributed by atoms with Gasteiger partial charge in [0.25, 0.3) is 0 Å². The summed E-state index contributed by atoms with van der Waals surface area (Å²) in [4.78, 5) is 0. The van der Waals surface area contributed by atoms with Crippen LogP contribution in [0.15, 0.2) is 28.8 Å². The van der Waals surface area contributed by atoms with Crippen molar-refractivity contribution in [1.29, 1.82) is 0 Å². The van der Waals surface area contributed by atoms with Crippen LogP contribution in [0.3, 0.4) is 0 Å². The molecule has 5 heteroatoms. The first-order valence-electron chi connectivity index (χ1n) is 6.76. The second-order valence-electron chi connectivity index (χ2n) is 4.65. The fourth-order valence-electron chi connectivity index (χ4n) is 2.09. The lowest BCUT2D eigenvalue weighted by Gasteiger charge is -2.17. The SMILES string of the molecule is CCc1cc(CNC(CC)c2ccc(F)cc2F)on1. The standard InChI is InChI=1S/C15H18F2N2O/c1-3-11-8-12(20-19-11)9-18-15(4-2)13-6-5-10(16)7-14(13)17/h5-8,15,18H,3-4,9H2,1-2H3. The van der Waals surface area contributed by atoms with Crippen molar-refractivity contribution in [2.24, 2.45) is 0 Å². The molecule has 3 nitrogen and oxygen atoms in total. The molecule has 108 valence electrons. The molecule has 0 saturated carbocycles. The Morgan fingerprint density at radius 2 is 2.05 bits per heavy atom. The number of rotatable bonds is 6.